The average molecular weight is 321 g/mol. The molecule has 0 spiro atoms. The monoisotopic (exact) mass is 320 g/mol. The summed E-state index contributed by atoms with van der Waals surface area (Å²) in [6.45, 7) is 2.78. The SMILES string of the molecule is COCCCOCCOCc1cccc(F)c1Br. The van der Waals surface area contributed by atoms with Crippen molar-refractivity contribution in [3.05, 3.63) is 34.1 Å². The molecule has 0 atom stereocenters. The molecule has 18 heavy (non-hydrogen) atoms. The van der Waals surface area contributed by atoms with Crippen molar-refractivity contribution in [2.45, 2.75) is 13.0 Å². The topological polar surface area (TPSA) is 27.7 Å². The van der Waals surface area contributed by atoms with E-state index in [9.17, 15) is 4.39 Å². The van der Waals surface area contributed by atoms with Gasteiger partial charge in [-0.2, -0.15) is 0 Å². The van der Waals surface area contributed by atoms with Crippen LogP contribution in [0.15, 0.2) is 22.7 Å². The minimum Gasteiger partial charge on any atom is -0.385 e. The zero-order valence-electron chi connectivity index (χ0n) is 10.5. The number of methoxy groups -OCH3 is 1. The normalized spacial score (nSPS) is 10.8. The minimum absolute atomic E-state index is 0.271. The molecule has 1 rings (SSSR count). The molecule has 1 aromatic carbocycles. The molecule has 3 nitrogen and oxygen atoms in total. The van der Waals surface area contributed by atoms with Gasteiger partial charge in [0, 0.05) is 20.3 Å². The lowest BCUT2D eigenvalue weighted by Crippen LogP contribution is -2.07. The number of ether oxygens (including phenoxy) is 3. The number of benzene rings is 1. The van der Waals surface area contributed by atoms with Crippen LogP contribution in [0.4, 0.5) is 4.39 Å². The number of rotatable bonds is 9. The quantitative estimate of drug-likeness (QED) is 0.654. The fourth-order valence-electron chi connectivity index (χ4n) is 1.37. The molecular formula is C13H18BrFO3. The highest BCUT2D eigenvalue weighted by Gasteiger charge is 2.04. The molecule has 5 heteroatoms. The van der Waals surface area contributed by atoms with E-state index in [1.54, 1.807) is 13.2 Å². The Morgan fingerprint density at radius 2 is 1.89 bits per heavy atom. The molecule has 0 saturated heterocycles. The van der Waals surface area contributed by atoms with Crippen LogP contribution in [0.1, 0.15) is 12.0 Å². The van der Waals surface area contributed by atoms with E-state index in [4.69, 9.17) is 14.2 Å². The third-order valence-electron chi connectivity index (χ3n) is 2.30. The molecule has 0 aromatic heterocycles. The van der Waals surface area contributed by atoms with Gasteiger partial charge in [-0.25, -0.2) is 4.39 Å². The Labute approximate surface area is 115 Å². The van der Waals surface area contributed by atoms with Gasteiger partial charge in [0.25, 0.3) is 0 Å². The lowest BCUT2D eigenvalue weighted by molar-refractivity contribution is 0.0334. The highest BCUT2D eigenvalue weighted by molar-refractivity contribution is 9.10. The van der Waals surface area contributed by atoms with E-state index >= 15 is 0 Å². The van der Waals surface area contributed by atoms with E-state index in [-0.39, 0.29) is 5.82 Å². The highest BCUT2D eigenvalue weighted by Crippen LogP contribution is 2.20. The fraction of sp³-hybridized carbons (Fsp3) is 0.538. The molecule has 0 heterocycles. The summed E-state index contributed by atoms with van der Waals surface area (Å²) in [5, 5.41) is 0. The van der Waals surface area contributed by atoms with Crippen LogP contribution in [-0.2, 0) is 20.8 Å². The Morgan fingerprint density at radius 1 is 1.11 bits per heavy atom. The van der Waals surface area contributed by atoms with Crippen molar-refractivity contribution in [1.29, 1.82) is 0 Å². The van der Waals surface area contributed by atoms with Gasteiger partial charge in [-0.3, -0.25) is 0 Å². The fourth-order valence-corrected chi connectivity index (χ4v) is 1.75. The number of hydrogen-bond donors (Lipinski definition) is 0. The summed E-state index contributed by atoms with van der Waals surface area (Å²) in [5.74, 6) is -0.271. The maximum Gasteiger partial charge on any atom is 0.137 e. The van der Waals surface area contributed by atoms with Gasteiger partial charge in [-0.05, 0) is 34.0 Å². The molecule has 0 unspecified atom stereocenters. The lowest BCUT2D eigenvalue weighted by Gasteiger charge is -2.07. The van der Waals surface area contributed by atoms with Crippen molar-refractivity contribution in [1.82, 2.24) is 0 Å². The van der Waals surface area contributed by atoms with Crippen molar-refractivity contribution in [2.24, 2.45) is 0 Å². The van der Waals surface area contributed by atoms with Gasteiger partial charge in [-0.1, -0.05) is 12.1 Å². The maximum absolute atomic E-state index is 13.2. The molecule has 1 aromatic rings. The smallest absolute Gasteiger partial charge is 0.137 e. The van der Waals surface area contributed by atoms with E-state index in [1.807, 2.05) is 6.07 Å². The van der Waals surface area contributed by atoms with Crippen molar-refractivity contribution in [2.75, 3.05) is 33.5 Å². The van der Waals surface area contributed by atoms with Crippen LogP contribution in [0.2, 0.25) is 0 Å². The van der Waals surface area contributed by atoms with Crippen LogP contribution in [0.25, 0.3) is 0 Å². The van der Waals surface area contributed by atoms with E-state index in [0.29, 0.717) is 37.5 Å². The predicted molar refractivity (Wildman–Crippen MR) is 71.1 cm³/mol. The third kappa shape index (κ3) is 5.91. The van der Waals surface area contributed by atoms with E-state index in [2.05, 4.69) is 15.9 Å². The van der Waals surface area contributed by atoms with Crippen molar-refractivity contribution >= 4 is 15.9 Å². The molecular weight excluding hydrogens is 303 g/mol. The van der Waals surface area contributed by atoms with Crippen LogP contribution in [0.5, 0.6) is 0 Å². The molecule has 0 aliphatic carbocycles. The summed E-state index contributed by atoms with van der Waals surface area (Å²) < 4.78 is 29.3. The lowest BCUT2D eigenvalue weighted by atomic mass is 10.2. The van der Waals surface area contributed by atoms with Gasteiger partial charge < -0.3 is 14.2 Å². The van der Waals surface area contributed by atoms with Gasteiger partial charge >= 0.3 is 0 Å². The highest BCUT2D eigenvalue weighted by atomic mass is 79.9. The molecule has 0 amide bonds. The Kier molecular flexibility index (Phi) is 8.17. The average Bonchev–Trinajstić information content (AvgIpc) is 2.37. The van der Waals surface area contributed by atoms with Crippen LogP contribution >= 0.6 is 15.9 Å². The van der Waals surface area contributed by atoms with Crippen LogP contribution in [0, 0.1) is 5.82 Å². The van der Waals surface area contributed by atoms with Gasteiger partial charge in [0.1, 0.15) is 5.82 Å². The zero-order chi connectivity index (χ0) is 13.2. The second-order valence-corrected chi connectivity index (χ2v) is 4.52. The minimum atomic E-state index is -0.271. The first-order valence-corrected chi connectivity index (χ1v) is 6.62. The molecule has 0 N–H and O–H groups in total. The van der Waals surface area contributed by atoms with E-state index < -0.39 is 0 Å². The van der Waals surface area contributed by atoms with Gasteiger partial charge in [-0.15, -0.1) is 0 Å². The standard InChI is InChI=1S/C13H18BrFO3/c1-16-6-3-7-17-8-9-18-10-11-4-2-5-12(15)13(11)14/h2,4-5H,3,6-10H2,1H3. The molecule has 0 bridgehead atoms. The van der Waals surface area contributed by atoms with E-state index in [1.165, 1.54) is 6.07 Å². The Hall–Kier alpha value is -0.490. The second-order valence-electron chi connectivity index (χ2n) is 3.72. The Morgan fingerprint density at radius 3 is 2.67 bits per heavy atom. The number of halogens is 2. The van der Waals surface area contributed by atoms with Crippen LogP contribution in [-0.4, -0.2) is 33.5 Å². The van der Waals surface area contributed by atoms with Crippen LogP contribution < -0.4 is 0 Å². The first kappa shape index (κ1) is 15.6. The Balaban J connectivity index is 2.09. The molecule has 0 fully saturated rings. The molecule has 0 aliphatic heterocycles. The summed E-state index contributed by atoms with van der Waals surface area (Å²) in [5.41, 5.74) is 0.800. The first-order chi connectivity index (χ1) is 8.75. The first-order valence-electron chi connectivity index (χ1n) is 5.83. The van der Waals surface area contributed by atoms with Gasteiger partial charge in [0.2, 0.25) is 0 Å². The summed E-state index contributed by atoms with van der Waals surface area (Å²) in [7, 11) is 1.67. The molecule has 0 saturated carbocycles. The number of hydrogen-bond acceptors (Lipinski definition) is 3. The summed E-state index contributed by atoms with van der Waals surface area (Å²) in [6.07, 6.45) is 0.881. The largest absolute Gasteiger partial charge is 0.385 e. The van der Waals surface area contributed by atoms with Crippen molar-refractivity contribution in [3.63, 3.8) is 0 Å². The third-order valence-corrected chi connectivity index (χ3v) is 3.19. The molecule has 0 aliphatic rings. The molecule has 102 valence electrons. The van der Waals surface area contributed by atoms with Gasteiger partial charge in [0.15, 0.2) is 0 Å². The molecule has 0 radical (unpaired) electrons. The summed E-state index contributed by atoms with van der Waals surface area (Å²) in [6, 6.07) is 4.90. The van der Waals surface area contributed by atoms with E-state index in [0.717, 1.165) is 12.0 Å². The van der Waals surface area contributed by atoms with Crippen LogP contribution in [0.3, 0.4) is 0 Å². The summed E-state index contributed by atoms with van der Waals surface area (Å²) >= 11 is 3.19. The maximum atomic E-state index is 13.2. The second kappa shape index (κ2) is 9.44. The predicted octanol–water partition coefficient (Wildman–Crippen LogP) is 3.16. The van der Waals surface area contributed by atoms with Crippen molar-refractivity contribution in [3.8, 4) is 0 Å². The zero-order valence-corrected chi connectivity index (χ0v) is 12.0. The Bertz CT molecular complexity index is 347. The van der Waals surface area contributed by atoms with Crippen molar-refractivity contribution < 1.29 is 18.6 Å². The van der Waals surface area contributed by atoms with Gasteiger partial charge in [0.05, 0.1) is 24.3 Å². The summed E-state index contributed by atoms with van der Waals surface area (Å²) in [4.78, 5) is 0.